The molecule has 1 unspecified atom stereocenters. The van der Waals surface area contributed by atoms with Crippen LogP contribution in [-0.2, 0) is 22.6 Å². The second-order valence-electron chi connectivity index (χ2n) is 5.88. The van der Waals surface area contributed by atoms with Crippen LogP contribution in [0.15, 0.2) is 0 Å². The molecule has 5 N–H and O–H groups in total. The van der Waals surface area contributed by atoms with Gasteiger partial charge >= 0.3 is 0 Å². The molecule has 0 spiro atoms. The Morgan fingerprint density at radius 1 is 1.41 bits per heavy atom. The average molecular weight is 325 g/mol. The first-order valence-corrected chi connectivity index (χ1v) is 7.94. The summed E-state index contributed by atoms with van der Waals surface area (Å²) in [5, 5.41) is 3.10. The fourth-order valence-corrected chi connectivity index (χ4v) is 4.34. The third-order valence-corrected chi connectivity index (χ3v) is 5.22. The number of amides is 3. The van der Waals surface area contributed by atoms with Crippen LogP contribution >= 0.6 is 11.3 Å². The number of nitrogens with two attached hydrogens (primary N) is 2. The van der Waals surface area contributed by atoms with Crippen LogP contribution in [0.4, 0.5) is 5.00 Å². The van der Waals surface area contributed by atoms with Gasteiger partial charge in [-0.3, -0.25) is 14.4 Å². The van der Waals surface area contributed by atoms with Crippen LogP contribution in [0, 0.1) is 0 Å². The summed E-state index contributed by atoms with van der Waals surface area (Å²) in [4.78, 5) is 34.3. The largest absolute Gasteiger partial charge is 0.370 e. The second kappa shape index (κ2) is 6.45. The van der Waals surface area contributed by atoms with Crippen LogP contribution in [0.3, 0.4) is 0 Å². The molecule has 1 atom stereocenters. The lowest BCUT2D eigenvalue weighted by Crippen LogP contribution is -2.48. The zero-order valence-electron chi connectivity index (χ0n) is 12.6. The molecule has 1 aromatic heterocycles. The number of thiophene rings is 1. The lowest BCUT2D eigenvalue weighted by molar-refractivity contribution is -0.924. The molecule has 0 fully saturated rings. The first kappa shape index (κ1) is 16.4. The van der Waals surface area contributed by atoms with E-state index in [0.717, 1.165) is 47.4 Å². The normalized spacial score (nSPS) is 20.2. The fourth-order valence-electron chi connectivity index (χ4n) is 2.95. The lowest BCUT2D eigenvalue weighted by atomic mass is 10.0. The van der Waals surface area contributed by atoms with Gasteiger partial charge in [0.25, 0.3) is 5.91 Å². The number of quaternary nitrogens is 1. The predicted octanol–water partition coefficient (Wildman–Crippen LogP) is 0.184. The number of hydrogen-bond donors (Lipinski definition) is 3. The topological polar surface area (TPSA) is 115 Å². The van der Waals surface area contributed by atoms with Gasteiger partial charge in [0.05, 0.1) is 30.6 Å². The Labute approximate surface area is 132 Å². The Morgan fingerprint density at radius 3 is 2.73 bits per heavy atom. The Hall–Kier alpha value is -1.93. The number of rotatable bonds is 7. The van der Waals surface area contributed by atoms with Gasteiger partial charge in [0, 0.05) is 19.3 Å². The molecular formula is C14H21N4O3S+. The van der Waals surface area contributed by atoms with E-state index < -0.39 is 5.91 Å². The van der Waals surface area contributed by atoms with E-state index in [-0.39, 0.29) is 5.91 Å². The van der Waals surface area contributed by atoms with Crippen molar-refractivity contribution >= 4 is 34.6 Å². The van der Waals surface area contributed by atoms with Gasteiger partial charge in [0.15, 0.2) is 0 Å². The fraction of sp³-hybridized carbons (Fsp3) is 0.500. The van der Waals surface area contributed by atoms with Gasteiger partial charge < -0.3 is 21.3 Å². The quantitative estimate of drug-likeness (QED) is 0.490. The molecule has 1 aliphatic heterocycles. The Morgan fingerprint density at radius 2 is 2.14 bits per heavy atom. The van der Waals surface area contributed by atoms with Gasteiger partial charge in [-0.05, 0) is 5.56 Å². The second-order valence-corrected chi connectivity index (χ2v) is 6.98. The first-order valence-electron chi connectivity index (χ1n) is 7.12. The summed E-state index contributed by atoms with van der Waals surface area (Å²) in [6, 6.07) is 0. The van der Waals surface area contributed by atoms with Crippen LogP contribution in [0.2, 0.25) is 0 Å². The summed E-state index contributed by atoms with van der Waals surface area (Å²) in [5.41, 5.74) is 12.0. The molecule has 2 heterocycles. The Bertz CT molecular complexity index is 613. The van der Waals surface area contributed by atoms with Crippen molar-refractivity contribution in [2.24, 2.45) is 11.5 Å². The number of nitrogens with zero attached hydrogens (tertiary/aromatic N) is 1. The molecule has 7 nitrogen and oxygen atoms in total. The van der Waals surface area contributed by atoms with Gasteiger partial charge in [0.1, 0.15) is 11.5 Å². The number of carbonyl (C=O) groups is 3. The van der Waals surface area contributed by atoms with Gasteiger partial charge in [-0.2, -0.15) is 0 Å². The van der Waals surface area contributed by atoms with Crippen LogP contribution in [0.5, 0.6) is 0 Å². The van der Waals surface area contributed by atoms with Gasteiger partial charge in [-0.15, -0.1) is 11.3 Å². The molecule has 0 saturated heterocycles. The standard InChI is InChI=1S/C14H20N4O3S/c1-18(5-2-3-11(15)20)6-4-9-10(7-18)22-14(17-8-19)12(9)13(16)21/h8H,2-7H2,1H3,(H4-,15,16,17,19,20,21)/p+1. The van der Waals surface area contributed by atoms with Gasteiger partial charge in [0.2, 0.25) is 12.3 Å². The van der Waals surface area contributed by atoms with Crippen molar-refractivity contribution in [2.75, 3.05) is 25.5 Å². The minimum absolute atomic E-state index is 0.283. The van der Waals surface area contributed by atoms with Crippen molar-refractivity contribution in [2.45, 2.75) is 25.8 Å². The number of nitrogens with one attached hydrogen (secondary N) is 1. The first-order chi connectivity index (χ1) is 10.4. The van der Waals surface area contributed by atoms with Gasteiger partial charge in [-0.25, -0.2) is 0 Å². The van der Waals surface area contributed by atoms with Crippen LogP contribution in [0.1, 0.15) is 33.6 Å². The summed E-state index contributed by atoms with van der Waals surface area (Å²) >= 11 is 1.41. The molecular weight excluding hydrogens is 304 g/mol. The van der Waals surface area contributed by atoms with Crippen molar-refractivity contribution < 1.29 is 18.9 Å². The Balaban J connectivity index is 2.19. The molecule has 1 aromatic rings. The minimum atomic E-state index is -0.508. The third kappa shape index (κ3) is 3.45. The van der Waals surface area contributed by atoms with E-state index in [1.807, 2.05) is 0 Å². The van der Waals surface area contributed by atoms with Crippen molar-refractivity contribution in [3.05, 3.63) is 16.0 Å². The summed E-state index contributed by atoms with van der Waals surface area (Å²) in [5.74, 6) is -0.791. The van der Waals surface area contributed by atoms with Crippen molar-refractivity contribution in [3.8, 4) is 0 Å². The maximum Gasteiger partial charge on any atom is 0.252 e. The summed E-state index contributed by atoms with van der Waals surface area (Å²) in [6.07, 6.45) is 2.42. The Kier molecular flexibility index (Phi) is 4.82. The highest BCUT2D eigenvalue weighted by molar-refractivity contribution is 7.16. The molecule has 1 aliphatic rings. The summed E-state index contributed by atoms with van der Waals surface area (Å²) in [7, 11) is 2.13. The SMILES string of the molecule is C[N+]1(CCCC(N)=O)CCc2c(sc(NC=O)c2C(N)=O)C1. The number of anilines is 1. The van der Waals surface area contributed by atoms with Gasteiger partial charge in [-0.1, -0.05) is 0 Å². The highest BCUT2D eigenvalue weighted by atomic mass is 32.1. The van der Waals surface area contributed by atoms with Crippen molar-refractivity contribution in [3.63, 3.8) is 0 Å². The number of carbonyl (C=O) groups excluding carboxylic acids is 3. The van der Waals surface area contributed by atoms with Crippen molar-refractivity contribution in [1.82, 2.24) is 0 Å². The third-order valence-electron chi connectivity index (χ3n) is 4.08. The van der Waals surface area contributed by atoms with E-state index in [4.69, 9.17) is 11.5 Å². The van der Waals surface area contributed by atoms with Crippen LogP contribution in [-0.4, -0.2) is 42.8 Å². The predicted molar refractivity (Wildman–Crippen MR) is 84.3 cm³/mol. The monoisotopic (exact) mass is 325 g/mol. The highest BCUT2D eigenvalue weighted by Gasteiger charge is 2.34. The number of likely N-dealkylation sites (N-methyl/N-ethyl adjacent to an activating group) is 1. The summed E-state index contributed by atoms with van der Waals surface area (Å²) in [6.45, 7) is 2.48. The number of fused-ring (bicyclic) bond motifs is 1. The maximum atomic E-state index is 11.7. The zero-order valence-corrected chi connectivity index (χ0v) is 13.4. The molecule has 3 amide bonds. The molecule has 0 aromatic carbocycles. The van der Waals surface area contributed by atoms with Crippen LogP contribution in [0.25, 0.3) is 0 Å². The van der Waals surface area contributed by atoms with E-state index in [1.165, 1.54) is 11.3 Å². The van der Waals surface area contributed by atoms with E-state index >= 15 is 0 Å². The van der Waals surface area contributed by atoms with E-state index in [1.54, 1.807) is 0 Å². The molecule has 120 valence electrons. The maximum absolute atomic E-state index is 11.7. The number of primary amides is 2. The average Bonchev–Trinajstić information content (AvgIpc) is 2.75. The molecule has 0 radical (unpaired) electrons. The van der Waals surface area contributed by atoms with E-state index in [9.17, 15) is 14.4 Å². The lowest BCUT2D eigenvalue weighted by Gasteiger charge is -2.37. The molecule has 0 saturated carbocycles. The molecule has 22 heavy (non-hydrogen) atoms. The highest BCUT2D eigenvalue weighted by Crippen LogP contribution is 2.38. The molecule has 2 rings (SSSR count). The molecule has 8 heteroatoms. The van der Waals surface area contributed by atoms with Crippen molar-refractivity contribution in [1.29, 1.82) is 0 Å². The van der Waals surface area contributed by atoms with E-state index in [2.05, 4.69) is 12.4 Å². The smallest absolute Gasteiger partial charge is 0.252 e. The molecule has 0 aliphatic carbocycles. The van der Waals surface area contributed by atoms with E-state index in [0.29, 0.717) is 23.4 Å². The summed E-state index contributed by atoms with van der Waals surface area (Å²) < 4.78 is 0.791. The minimum Gasteiger partial charge on any atom is -0.370 e. The van der Waals surface area contributed by atoms with Crippen LogP contribution < -0.4 is 16.8 Å². The number of hydrogen-bond acceptors (Lipinski definition) is 4. The zero-order chi connectivity index (χ0) is 16.3. The molecule has 0 bridgehead atoms.